The largest absolute Gasteiger partial charge is 0.393 e. The van der Waals surface area contributed by atoms with Crippen molar-refractivity contribution >= 4 is 0 Å². The van der Waals surface area contributed by atoms with Crippen molar-refractivity contribution in [1.82, 2.24) is 0 Å². The Morgan fingerprint density at radius 2 is 2.06 bits per heavy atom. The lowest BCUT2D eigenvalue weighted by atomic mass is 9.70. The van der Waals surface area contributed by atoms with Crippen LogP contribution in [0.5, 0.6) is 0 Å². The number of hydrogen-bond donors (Lipinski definition) is 1. The van der Waals surface area contributed by atoms with Crippen LogP contribution in [0.3, 0.4) is 0 Å². The summed E-state index contributed by atoms with van der Waals surface area (Å²) in [5.41, 5.74) is -0.109. The molecule has 2 aliphatic rings. The number of rotatable bonds is 3. The van der Waals surface area contributed by atoms with E-state index in [2.05, 4.69) is 0 Å². The number of aliphatic hydroxyl groups excluding tert-OH is 1. The van der Waals surface area contributed by atoms with Gasteiger partial charge in [-0.2, -0.15) is 13.2 Å². The molecule has 1 saturated carbocycles. The summed E-state index contributed by atoms with van der Waals surface area (Å²) < 4.78 is 41.9. The number of hydrogen-bond acceptors (Lipinski definition) is 2. The van der Waals surface area contributed by atoms with Crippen LogP contribution in [-0.2, 0) is 4.74 Å². The third-order valence-corrected chi connectivity index (χ3v) is 4.06. The Morgan fingerprint density at radius 1 is 1.35 bits per heavy atom. The first-order chi connectivity index (χ1) is 7.90. The van der Waals surface area contributed by atoms with E-state index in [1.54, 1.807) is 0 Å². The van der Waals surface area contributed by atoms with Crippen LogP contribution < -0.4 is 0 Å². The van der Waals surface area contributed by atoms with E-state index in [0.717, 1.165) is 25.7 Å². The summed E-state index contributed by atoms with van der Waals surface area (Å²) in [4.78, 5) is 0. The summed E-state index contributed by atoms with van der Waals surface area (Å²) in [6.07, 6.45) is -1.54. The van der Waals surface area contributed by atoms with Crippen molar-refractivity contribution in [2.45, 2.75) is 62.8 Å². The normalized spacial score (nSPS) is 30.0. The predicted octanol–water partition coefficient (Wildman–Crippen LogP) is 3.04. The smallest absolute Gasteiger partial charge is 0.389 e. The van der Waals surface area contributed by atoms with Gasteiger partial charge < -0.3 is 9.84 Å². The number of aliphatic hydroxyl groups is 1. The maximum atomic E-state index is 12.1. The Morgan fingerprint density at radius 3 is 2.59 bits per heavy atom. The van der Waals surface area contributed by atoms with Gasteiger partial charge in [-0.15, -0.1) is 0 Å². The molecule has 2 fully saturated rings. The van der Waals surface area contributed by atoms with Gasteiger partial charge in [-0.25, -0.2) is 0 Å². The Kier molecular flexibility index (Phi) is 3.69. The molecule has 1 aliphatic heterocycles. The first-order valence-electron chi connectivity index (χ1n) is 6.29. The second-order valence-corrected chi connectivity index (χ2v) is 5.36. The van der Waals surface area contributed by atoms with Gasteiger partial charge >= 0.3 is 6.18 Å². The molecule has 100 valence electrons. The molecule has 0 aromatic rings. The van der Waals surface area contributed by atoms with E-state index >= 15 is 0 Å². The fourth-order valence-electron chi connectivity index (χ4n) is 2.86. The quantitative estimate of drug-likeness (QED) is 0.836. The van der Waals surface area contributed by atoms with Gasteiger partial charge in [0.15, 0.2) is 0 Å². The van der Waals surface area contributed by atoms with Crippen LogP contribution in [0.2, 0.25) is 0 Å². The summed E-state index contributed by atoms with van der Waals surface area (Å²) >= 11 is 0. The highest BCUT2D eigenvalue weighted by Gasteiger charge is 2.44. The van der Waals surface area contributed by atoms with Crippen LogP contribution in [0.25, 0.3) is 0 Å². The molecule has 1 saturated heterocycles. The molecular weight excluding hydrogens is 233 g/mol. The second-order valence-electron chi connectivity index (χ2n) is 5.36. The second kappa shape index (κ2) is 4.76. The lowest BCUT2D eigenvalue weighted by Gasteiger charge is -2.48. The minimum Gasteiger partial charge on any atom is -0.393 e. The van der Waals surface area contributed by atoms with Crippen LogP contribution in [0.15, 0.2) is 0 Å². The maximum absolute atomic E-state index is 12.1. The third-order valence-electron chi connectivity index (χ3n) is 4.06. The highest BCUT2D eigenvalue weighted by molar-refractivity contribution is 4.95. The van der Waals surface area contributed by atoms with E-state index in [1.165, 1.54) is 0 Å². The Hall–Kier alpha value is -0.290. The molecule has 1 spiro atoms. The lowest BCUT2D eigenvalue weighted by molar-refractivity contribution is -0.165. The fourth-order valence-corrected chi connectivity index (χ4v) is 2.86. The van der Waals surface area contributed by atoms with Crippen molar-refractivity contribution in [2.24, 2.45) is 5.92 Å². The molecule has 1 aliphatic carbocycles. The van der Waals surface area contributed by atoms with Crippen molar-refractivity contribution in [2.75, 3.05) is 6.61 Å². The summed E-state index contributed by atoms with van der Waals surface area (Å²) in [5, 5.41) is 9.83. The van der Waals surface area contributed by atoms with Gasteiger partial charge in [0, 0.05) is 13.0 Å². The first kappa shape index (κ1) is 13.1. The van der Waals surface area contributed by atoms with Gasteiger partial charge in [-0.05, 0) is 44.4 Å². The minimum absolute atomic E-state index is 0.0219. The number of ether oxygens (including phenoxy) is 1. The van der Waals surface area contributed by atoms with Crippen LogP contribution in [0.1, 0.15) is 44.9 Å². The molecule has 0 radical (unpaired) electrons. The average molecular weight is 252 g/mol. The van der Waals surface area contributed by atoms with E-state index in [-0.39, 0.29) is 17.9 Å². The molecule has 2 nitrogen and oxygen atoms in total. The summed E-state index contributed by atoms with van der Waals surface area (Å²) in [6.45, 7) is 0.577. The van der Waals surface area contributed by atoms with E-state index in [0.29, 0.717) is 13.0 Å². The standard InChI is InChI=1S/C12H19F3O2/c13-12(14,15)6-2-10(16)9-3-7-17-11(8-9)4-1-5-11/h9-10,16H,1-8H2. The van der Waals surface area contributed by atoms with Crippen LogP contribution in [-0.4, -0.2) is 29.6 Å². The highest BCUT2D eigenvalue weighted by atomic mass is 19.4. The Bertz CT molecular complexity index is 261. The molecule has 2 unspecified atom stereocenters. The first-order valence-corrected chi connectivity index (χ1v) is 6.29. The Labute approximate surface area is 99.1 Å². The van der Waals surface area contributed by atoms with Crippen molar-refractivity contribution < 1.29 is 23.0 Å². The zero-order valence-electron chi connectivity index (χ0n) is 9.80. The van der Waals surface area contributed by atoms with Gasteiger partial charge in [0.25, 0.3) is 0 Å². The molecule has 1 heterocycles. The van der Waals surface area contributed by atoms with Crippen LogP contribution in [0, 0.1) is 5.92 Å². The summed E-state index contributed by atoms with van der Waals surface area (Å²) in [5.74, 6) is -0.0219. The Balaban J connectivity index is 1.80. The van der Waals surface area contributed by atoms with Gasteiger partial charge in [-0.1, -0.05) is 0 Å². The summed E-state index contributed by atoms with van der Waals surface area (Å²) in [7, 11) is 0. The molecule has 0 aromatic heterocycles. The third kappa shape index (κ3) is 3.35. The van der Waals surface area contributed by atoms with Crippen LogP contribution in [0.4, 0.5) is 13.2 Å². The molecule has 0 aromatic carbocycles. The maximum Gasteiger partial charge on any atom is 0.389 e. The van der Waals surface area contributed by atoms with Crippen molar-refractivity contribution in [1.29, 1.82) is 0 Å². The molecular formula is C12H19F3O2. The van der Waals surface area contributed by atoms with Crippen molar-refractivity contribution in [3.63, 3.8) is 0 Å². The van der Waals surface area contributed by atoms with Gasteiger partial charge in [0.2, 0.25) is 0 Å². The van der Waals surface area contributed by atoms with E-state index in [4.69, 9.17) is 4.74 Å². The van der Waals surface area contributed by atoms with Gasteiger partial charge in [-0.3, -0.25) is 0 Å². The predicted molar refractivity (Wildman–Crippen MR) is 56.6 cm³/mol. The summed E-state index contributed by atoms with van der Waals surface area (Å²) in [6, 6.07) is 0. The molecule has 0 bridgehead atoms. The van der Waals surface area contributed by atoms with Gasteiger partial charge in [0.1, 0.15) is 0 Å². The van der Waals surface area contributed by atoms with Crippen molar-refractivity contribution in [3.05, 3.63) is 0 Å². The molecule has 1 N–H and O–H groups in total. The minimum atomic E-state index is -4.17. The molecule has 2 rings (SSSR count). The average Bonchev–Trinajstić information content (AvgIpc) is 2.23. The number of alkyl halides is 3. The number of halogens is 3. The van der Waals surface area contributed by atoms with E-state index < -0.39 is 18.7 Å². The SMILES string of the molecule is OC(CCC(F)(F)F)C1CCOC2(CCC2)C1. The molecule has 2 atom stereocenters. The molecule has 17 heavy (non-hydrogen) atoms. The zero-order chi connectivity index (χ0) is 12.5. The molecule has 5 heteroatoms. The van der Waals surface area contributed by atoms with E-state index in [9.17, 15) is 18.3 Å². The molecule has 0 amide bonds. The zero-order valence-corrected chi connectivity index (χ0v) is 9.80. The highest BCUT2D eigenvalue weighted by Crippen LogP contribution is 2.45. The van der Waals surface area contributed by atoms with Crippen LogP contribution >= 0.6 is 0 Å². The van der Waals surface area contributed by atoms with E-state index in [1.807, 2.05) is 0 Å². The van der Waals surface area contributed by atoms with Gasteiger partial charge in [0.05, 0.1) is 11.7 Å². The fraction of sp³-hybridized carbons (Fsp3) is 1.00. The monoisotopic (exact) mass is 252 g/mol. The lowest BCUT2D eigenvalue weighted by Crippen LogP contribution is -2.47. The van der Waals surface area contributed by atoms with Crippen molar-refractivity contribution in [3.8, 4) is 0 Å². The topological polar surface area (TPSA) is 29.5 Å².